The fraction of sp³-hybridized carbons (Fsp3) is 0.447. The van der Waals surface area contributed by atoms with Gasteiger partial charge in [-0.05, 0) is 70.7 Å². The number of rotatable bonds is 7. The SMILES string of the molecule is CC(C)(C)c1cc2c3c(nccc3c1)-c1[c-]c3cnccc3cc1C2(C)C.CCC(CC)C(=O)/C=C(\O)C(CC)CC.[Ir]. The van der Waals surface area contributed by atoms with Crippen LogP contribution in [0.1, 0.15) is 105 Å². The number of fused-ring (bicyclic) bond motifs is 3. The second kappa shape index (κ2) is 13.8. The molecular weight excluding hydrogens is 709 g/mol. The zero-order chi connectivity index (χ0) is 30.8. The first kappa shape index (κ1) is 34.6. The smallest absolute Gasteiger partial charge is 0.162 e. The van der Waals surface area contributed by atoms with Crippen molar-refractivity contribution in [2.45, 2.75) is 98.8 Å². The maximum atomic E-state index is 11.7. The molecule has 1 aliphatic carbocycles. The number of benzene rings is 2. The molecular formula is C38H47IrN2O2-. The van der Waals surface area contributed by atoms with Gasteiger partial charge in [0.05, 0.1) is 5.76 Å². The largest absolute Gasteiger partial charge is 0.512 e. The molecule has 1 N–H and O–H groups in total. The second-order valence-electron chi connectivity index (χ2n) is 13.2. The number of aromatic nitrogens is 2. The van der Waals surface area contributed by atoms with E-state index in [2.05, 4.69) is 76.0 Å². The Morgan fingerprint density at radius 3 is 2.16 bits per heavy atom. The first-order valence-corrected chi connectivity index (χ1v) is 15.6. The number of carbonyl (C=O) groups excluding carboxylic acids is 1. The summed E-state index contributed by atoms with van der Waals surface area (Å²) < 4.78 is 0. The summed E-state index contributed by atoms with van der Waals surface area (Å²) in [7, 11) is 0. The van der Waals surface area contributed by atoms with Crippen molar-refractivity contribution in [2.24, 2.45) is 11.8 Å². The number of pyridine rings is 2. The summed E-state index contributed by atoms with van der Waals surface area (Å²) >= 11 is 0. The van der Waals surface area contributed by atoms with Crippen LogP contribution in [0.5, 0.6) is 0 Å². The van der Waals surface area contributed by atoms with Gasteiger partial charge in [0.1, 0.15) is 0 Å². The number of hydrogen-bond acceptors (Lipinski definition) is 4. The molecule has 0 spiro atoms. The molecule has 4 aromatic rings. The van der Waals surface area contributed by atoms with Crippen molar-refractivity contribution >= 4 is 27.3 Å². The molecule has 0 unspecified atom stereocenters. The fourth-order valence-corrected chi connectivity index (χ4v) is 6.10. The summed E-state index contributed by atoms with van der Waals surface area (Å²) in [5.41, 5.74) is 6.17. The molecule has 5 heteroatoms. The Balaban J connectivity index is 0.000000274. The quantitative estimate of drug-likeness (QED) is 0.116. The zero-order valence-electron chi connectivity index (χ0n) is 27.3. The van der Waals surface area contributed by atoms with Crippen LogP contribution < -0.4 is 0 Å². The standard InChI is InChI=1S/C25H23N2.C13H24O2.Ir/c1-24(2,3)18-10-16-7-9-27-23-19-11-17-14-26-8-6-15(17)12-20(19)25(4,5)21(13-18)22(16)23;1-5-10(6-2)12(14)9-13(15)11(7-3)8-4;/h6-10,12-14H,1-5H3;9-11,14H,5-8H2,1-4H3;/q-1;;/b;12-9-;. The summed E-state index contributed by atoms with van der Waals surface area (Å²) in [4.78, 5) is 20.8. The van der Waals surface area contributed by atoms with E-state index >= 15 is 0 Å². The van der Waals surface area contributed by atoms with Gasteiger partial charge in [0.2, 0.25) is 0 Å². The number of aliphatic hydroxyl groups is 1. The third kappa shape index (κ3) is 6.94. The Hall–Kier alpha value is -2.88. The Morgan fingerprint density at radius 2 is 1.56 bits per heavy atom. The summed E-state index contributed by atoms with van der Waals surface area (Å²) in [5, 5.41) is 14.5. The van der Waals surface area contributed by atoms with Crippen molar-refractivity contribution in [3.63, 3.8) is 0 Å². The minimum absolute atomic E-state index is 0. The molecule has 1 radical (unpaired) electrons. The number of nitrogens with zero attached hydrogens (tertiary/aromatic N) is 2. The van der Waals surface area contributed by atoms with Crippen LogP contribution in [0.2, 0.25) is 0 Å². The van der Waals surface area contributed by atoms with Gasteiger partial charge in [-0.2, -0.15) is 0 Å². The summed E-state index contributed by atoms with van der Waals surface area (Å²) in [6.45, 7) is 19.6. The van der Waals surface area contributed by atoms with Crippen molar-refractivity contribution < 1.29 is 30.0 Å². The van der Waals surface area contributed by atoms with Gasteiger partial charge < -0.3 is 10.1 Å². The number of carbonyl (C=O) groups is 1. The minimum atomic E-state index is -0.112. The molecule has 2 aromatic carbocycles. The van der Waals surface area contributed by atoms with Gasteiger partial charge in [-0.25, -0.2) is 0 Å². The molecule has 2 aromatic heterocycles. The van der Waals surface area contributed by atoms with Crippen LogP contribution in [-0.4, -0.2) is 20.9 Å². The fourth-order valence-electron chi connectivity index (χ4n) is 6.10. The molecule has 0 amide bonds. The van der Waals surface area contributed by atoms with E-state index in [0.29, 0.717) is 0 Å². The van der Waals surface area contributed by atoms with Crippen LogP contribution in [0.25, 0.3) is 32.8 Å². The summed E-state index contributed by atoms with van der Waals surface area (Å²) in [6.07, 6.45) is 10.6. The van der Waals surface area contributed by atoms with Crippen LogP contribution in [0.3, 0.4) is 0 Å². The first-order chi connectivity index (χ1) is 19.9. The van der Waals surface area contributed by atoms with Crippen molar-refractivity contribution in [1.82, 2.24) is 9.97 Å². The topological polar surface area (TPSA) is 63.1 Å². The van der Waals surface area contributed by atoms with Gasteiger partial charge in [-0.1, -0.05) is 102 Å². The van der Waals surface area contributed by atoms with Crippen LogP contribution in [-0.2, 0) is 35.7 Å². The monoisotopic (exact) mass is 756 g/mol. The van der Waals surface area contributed by atoms with Gasteiger partial charge in [-0.15, -0.1) is 12.1 Å². The van der Waals surface area contributed by atoms with E-state index in [-0.39, 0.29) is 54.3 Å². The van der Waals surface area contributed by atoms with Gasteiger partial charge in [-0.3, -0.25) is 9.78 Å². The molecule has 5 rings (SSSR count). The first-order valence-electron chi connectivity index (χ1n) is 15.6. The Labute approximate surface area is 271 Å². The Morgan fingerprint density at radius 1 is 0.930 bits per heavy atom. The van der Waals surface area contributed by atoms with Crippen molar-refractivity contribution in [1.29, 1.82) is 0 Å². The molecule has 4 nitrogen and oxygen atoms in total. The Kier molecular flexibility index (Phi) is 11.1. The van der Waals surface area contributed by atoms with Crippen LogP contribution >= 0.6 is 0 Å². The predicted octanol–water partition coefficient (Wildman–Crippen LogP) is 10.1. The number of allylic oxidation sites excluding steroid dienone is 2. The van der Waals surface area contributed by atoms with Crippen LogP contribution in [0.15, 0.2) is 60.8 Å². The van der Waals surface area contributed by atoms with E-state index in [1.54, 1.807) is 0 Å². The molecule has 0 aliphatic heterocycles. The number of hydrogen-bond donors (Lipinski definition) is 1. The van der Waals surface area contributed by atoms with Crippen LogP contribution in [0, 0.1) is 17.9 Å². The van der Waals surface area contributed by atoms with Crippen molar-refractivity contribution in [3.8, 4) is 11.3 Å². The van der Waals surface area contributed by atoms with Crippen molar-refractivity contribution in [3.05, 3.63) is 83.5 Å². The van der Waals surface area contributed by atoms with Gasteiger partial charge in [0.25, 0.3) is 0 Å². The van der Waals surface area contributed by atoms with Crippen LogP contribution in [0.4, 0.5) is 0 Å². The second-order valence-corrected chi connectivity index (χ2v) is 13.2. The Bertz CT molecular complexity index is 1620. The molecule has 1 aliphatic rings. The van der Waals surface area contributed by atoms with E-state index < -0.39 is 0 Å². The maximum absolute atomic E-state index is 11.7. The van der Waals surface area contributed by atoms with E-state index in [4.69, 9.17) is 4.98 Å². The van der Waals surface area contributed by atoms with E-state index in [1.165, 1.54) is 38.9 Å². The van der Waals surface area contributed by atoms with E-state index in [0.717, 1.165) is 42.3 Å². The minimum Gasteiger partial charge on any atom is -0.512 e. The molecule has 2 heterocycles. The third-order valence-corrected chi connectivity index (χ3v) is 9.08. The number of ketones is 1. The molecule has 231 valence electrons. The van der Waals surface area contributed by atoms with Crippen molar-refractivity contribution in [2.75, 3.05) is 0 Å². The van der Waals surface area contributed by atoms with Gasteiger partial charge in [0, 0.05) is 56.1 Å². The zero-order valence-corrected chi connectivity index (χ0v) is 29.7. The molecule has 0 bridgehead atoms. The molecule has 0 saturated carbocycles. The molecule has 0 saturated heterocycles. The summed E-state index contributed by atoms with van der Waals surface area (Å²) in [6, 6.07) is 14.9. The van der Waals surface area contributed by atoms with E-state index in [9.17, 15) is 9.90 Å². The van der Waals surface area contributed by atoms with Gasteiger partial charge in [0.15, 0.2) is 5.78 Å². The molecule has 0 fully saturated rings. The third-order valence-electron chi connectivity index (χ3n) is 9.08. The average Bonchev–Trinajstić information content (AvgIpc) is 2.96. The normalized spacial score (nSPS) is 13.9. The predicted molar refractivity (Wildman–Crippen MR) is 176 cm³/mol. The average molecular weight is 756 g/mol. The van der Waals surface area contributed by atoms with Gasteiger partial charge >= 0.3 is 0 Å². The molecule has 43 heavy (non-hydrogen) atoms. The molecule has 0 atom stereocenters. The summed E-state index contributed by atoms with van der Waals surface area (Å²) in [5.74, 6) is 0.547. The number of aliphatic hydroxyl groups excluding tert-OH is 1. The van der Waals surface area contributed by atoms with E-state index in [1.807, 2.05) is 46.3 Å². The maximum Gasteiger partial charge on any atom is 0.162 e.